The Labute approximate surface area is 80.0 Å². The molecule has 0 saturated carbocycles. The molecule has 0 aliphatic rings. The van der Waals surface area contributed by atoms with Gasteiger partial charge >= 0.3 is 0 Å². The van der Waals surface area contributed by atoms with Gasteiger partial charge in [-0.25, -0.2) is 0 Å². The van der Waals surface area contributed by atoms with Gasteiger partial charge in [0.1, 0.15) is 5.75 Å². The predicted molar refractivity (Wildman–Crippen MR) is 54.1 cm³/mol. The van der Waals surface area contributed by atoms with Crippen LogP contribution in [0.5, 0.6) is 5.75 Å². The number of ether oxygens (including phenoxy) is 1. The maximum absolute atomic E-state index is 5.26. The summed E-state index contributed by atoms with van der Waals surface area (Å²) in [5.41, 5.74) is 2.20. The fourth-order valence-corrected chi connectivity index (χ4v) is 1.29. The third kappa shape index (κ3) is 2.72. The van der Waals surface area contributed by atoms with Crippen LogP contribution < -0.4 is 4.74 Å². The van der Waals surface area contributed by atoms with Crippen LogP contribution in [0, 0.1) is 12.8 Å². The van der Waals surface area contributed by atoms with Crippen molar-refractivity contribution < 1.29 is 4.74 Å². The molecule has 0 aromatic carbocycles. The predicted octanol–water partition coefficient (Wildman–Crippen LogP) is 2.60. The van der Waals surface area contributed by atoms with E-state index in [1.165, 1.54) is 0 Å². The van der Waals surface area contributed by atoms with Crippen LogP contribution in [0.1, 0.15) is 25.1 Å². The molecular formula is C11H17NO. The van der Waals surface area contributed by atoms with Gasteiger partial charge in [0.2, 0.25) is 0 Å². The van der Waals surface area contributed by atoms with E-state index in [9.17, 15) is 0 Å². The molecule has 72 valence electrons. The minimum absolute atomic E-state index is 0.615. The number of hydrogen-bond acceptors (Lipinski definition) is 2. The summed E-state index contributed by atoms with van der Waals surface area (Å²) in [5.74, 6) is 1.53. The highest BCUT2D eigenvalue weighted by Gasteiger charge is 2.06. The number of nitrogens with zero attached hydrogens (tertiary/aromatic N) is 1. The van der Waals surface area contributed by atoms with E-state index in [-0.39, 0.29) is 0 Å². The molecule has 1 aromatic heterocycles. The van der Waals surface area contributed by atoms with Gasteiger partial charge in [-0.1, -0.05) is 13.8 Å². The second-order valence-corrected chi connectivity index (χ2v) is 3.76. The molecule has 0 atom stereocenters. The molecule has 0 radical (unpaired) electrons. The van der Waals surface area contributed by atoms with E-state index in [1.807, 2.05) is 19.2 Å². The van der Waals surface area contributed by atoms with Gasteiger partial charge in [-0.2, -0.15) is 0 Å². The SMILES string of the molecule is COc1cc(C)cnc1CC(C)C. The summed E-state index contributed by atoms with van der Waals surface area (Å²) in [5, 5.41) is 0. The summed E-state index contributed by atoms with van der Waals surface area (Å²) >= 11 is 0. The lowest BCUT2D eigenvalue weighted by Gasteiger charge is -2.09. The average molecular weight is 179 g/mol. The zero-order valence-corrected chi connectivity index (χ0v) is 8.79. The maximum Gasteiger partial charge on any atom is 0.140 e. The molecule has 13 heavy (non-hydrogen) atoms. The first-order chi connectivity index (χ1) is 6.13. The zero-order chi connectivity index (χ0) is 9.84. The van der Waals surface area contributed by atoms with Gasteiger partial charge in [-0.05, 0) is 30.9 Å². The second kappa shape index (κ2) is 4.26. The van der Waals surface area contributed by atoms with Crippen LogP contribution in [0.25, 0.3) is 0 Å². The molecule has 1 rings (SSSR count). The smallest absolute Gasteiger partial charge is 0.140 e. The minimum Gasteiger partial charge on any atom is -0.495 e. The van der Waals surface area contributed by atoms with Crippen LogP contribution in [0.3, 0.4) is 0 Å². The molecule has 2 heteroatoms. The van der Waals surface area contributed by atoms with Crippen molar-refractivity contribution in [1.82, 2.24) is 4.98 Å². The van der Waals surface area contributed by atoms with E-state index in [0.29, 0.717) is 5.92 Å². The lowest BCUT2D eigenvalue weighted by atomic mass is 10.1. The van der Waals surface area contributed by atoms with Crippen molar-refractivity contribution >= 4 is 0 Å². The Morgan fingerprint density at radius 2 is 2.15 bits per heavy atom. The molecule has 0 bridgehead atoms. The highest BCUT2D eigenvalue weighted by molar-refractivity contribution is 5.31. The van der Waals surface area contributed by atoms with E-state index in [0.717, 1.165) is 23.4 Å². The van der Waals surface area contributed by atoms with Gasteiger partial charge in [-0.15, -0.1) is 0 Å². The van der Waals surface area contributed by atoms with E-state index < -0.39 is 0 Å². The Bertz CT molecular complexity index is 281. The van der Waals surface area contributed by atoms with Crippen molar-refractivity contribution in [2.45, 2.75) is 27.2 Å². The lowest BCUT2D eigenvalue weighted by Crippen LogP contribution is -2.01. The van der Waals surface area contributed by atoms with Crippen molar-refractivity contribution in [3.63, 3.8) is 0 Å². The van der Waals surface area contributed by atoms with Crippen LogP contribution in [0.4, 0.5) is 0 Å². The van der Waals surface area contributed by atoms with Crippen molar-refractivity contribution in [1.29, 1.82) is 0 Å². The Kier molecular flexibility index (Phi) is 3.29. The second-order valence-electron chi connectivity index (χ2n) is 3.76. The Hall–Kier alpha value is -1.05. The summed E-state index contributed by atoms with van der Waals surface area (Å²) < 4.78 is 5.26. The summed E-state index contributed by atoms with van der Waals surface area (Å²) in [6, 6.07) is 2.03. The highest BCUT2D eigenvalue weighted by atomic mass is 16.5. The third-order valence-electron chi connectivity index (χ3n) is 1.89. The molecule has 1 heterocycles. The van der Waals surface area contributed by atoms with Crippen LogP contribution in [0.15, 0.2) is 12.3 Å². The van der Waals surface area contributed by atoms with Gasteiger partial charge in [0.25, 0.3) is 0 Å². The molecule has 0 N–H and O–H groups in total. The summed E-state index contributed by atoms with van der Waals surface area (Å²) in [6.07, 6.45) is 2.86. The molecule has 0 saturated heterocycles. The van der Waals surface area contributed by atoms with Crippen molar-refractivity contribution in [3.05, 3.63) is 23.5 Å². The highest BCUT2D eigenvalue weighted by Crippen LogP contribution is 2.19. The first-order valence-corrected chi connectivity index (χ1v) is 4.63. The molecule has 0 spiro atoms. The Morgan fingerprint density at radius 1 is 1.46 bits per heavy atom. The molecule has 0 aliphatic carbocycles. The summed E-state index contributed by atoms with van der Waals surface area (Å²) in [6.45, 7) is 6.39. The fraction of sp³-hybridized carbons (Fsp3) is 0.545. The summed E-state index contributed by atoms with van der Waals surface area (Å²) in [7, 11) is 1.69. The topological polar surface area (TPSA) is 22.1 Å². The van der Waals surface area contributed by atoms with Gasteiger partial charge in [0.05, 0.1) is 12.8 Å². The van der Waals surface area contributed by atoms with Crippen molar-refractivity contribution in [3.8, 4) is 5.75 Å². The number of aromatic nitrogens is 1. The molecular weight excluding hydrogens is 162 g/mol. The monoisotopic (exact) mass is 179 g/mol. The van der Waals surface area contributed by atoms with Crippen LogP contribution in [0.2, 0.25) is 0 Å². The van der Waals surface area contributed by atoms with Crippen LogP contribution in [-0.2, 0) is 6.42 Å². The first kappa shape index (κ1) is 10.0. The van der Waals surface area contributed by atoms with Gasteiger partial charge in [0, 0.05) is 6.20 Å². The zero-order valence-electron chi connectivity index (χ0n) is 8.79. The van der Waals surface area contributed by atoms with Gasteiger partial charge in [-0.3, -0.25) is 4.98 Å². The number of rotatable bonds is 3. The number of hydrogen-bond donors (Lipinski definition) is 0. The van der Waals surface area contributed by atoms with Crippen LogP contribution in [-0.4, -0.2) is 12.1 Å². The van der Waals surface area contributed by atoms with Gasteiger partial charge in [0.15, 0.2) is 0 Å². The fourth-order valence-electron chi connectivity index (χ4n) is 1.29. The molecule has 0 unspecified atom stereocenters. The molecule has 0 amide bonds. The quantitative estimate of drug-likeness (QED) is 0.711. The average Bonchev–Trinajstić information content (AvgIpc) is 2.07. The largest absolute Gasteiger partial charge is 0.495 e. The lowest BCUT2D eigenvalue weighted by molar-refractivity contribution is 0.403. The van der Waals surface area contributed by atoms with Crippen molar-refractivity contribution in [2.24, 2.45) is 5.92 Å². The summed E-state index contributed by atoms with van der Waals surface area (Å²) in [4.78, 5) is 4.36. The first-order valence-electron chi connectivity index (χ1n) is 4.63. The molecule has 2 nitrogen and oxygen atoms in total. The standard InChI is InChI=1S/C11H17NO/c1-8(2)5-10-11(13-4)6-9(3)7-12-10/h6-8H,5H2,1-4H3. The van der Waals surface area contributed by atoms with E-state index in [2.05, 4.69) is 18.8 Å². The molecule has 0 fully saturated rings. The van der Waals surface area contributed by atoms with E-state index in [1.54, 1.807) is 7.11 Å². The third-order valence-corrected chi connectivity index (χ3v) is 1.89. The molecule has 0 aliphatic heterocycles. The number of aryl methyl sites for hydroxylation is 1. The normalized spacial score (nSPS) is 10.5. The minimum atomic E-state index is 0.615. The van der Waals surface area contributed by atoms with E-state index in [4.69, 9.17) is 4.74 Å². The molecule has 1 aromatic rings. The number of pyridine rings is 1. The number of methoxy groups -OCH3 is 1. The van der Waals surface area contributed by atoms with Gasteiger partial charge < -0.3 is 4.74 Å². The van der Waals surface area contributed by atoms with E-state index >= 15 is 0 Å². The van der Waals surface area contributed by atoms with Crippen molar-refractivity contribution in [2.75, 3.05) is 7.11 Å². The van der Waals surface area contributed by atoms with Crippen LogP contribution >= 0.6 is 0 Å². The Balaban J connectivity index is 2.92. The Morgan fingerprint density at radius 3 is 2.69 bits per heavy atom. The maximum atomic E-state index is 5.26.